The van der Waals surface area contributed by atoms with Gasteiger partial charge in [-0.25, -0.2) is 4.98 Å². The summed E-state index contributed by atoms with van der Waals surface area (Å²) in [5.74, 6) is 0.313. The van der Waals surface area contributed by atoms with Crippen LogP contribution in [0.1, 0.15) is 11.1 Å². The Morgan fingerprint density at radius 2 is 2.11 bits per heavy atom. The summed E-state index contributed by atoms with van der Waals surface area (Å²) in [6, 6.07) is 7.27. The van der Waals surface area contributed by atoms with Gasteiger partial charge in [0.05, 0.1) is 6.42 Å². The van der Waals surface area contributed by atoms with Crippen molar-refractivity contribution in [3.8, 4) is 0 Å². The predicted molar refractivity (Wildman–Crippen MR) is 73.3 cm³/mol. The molecule has 0 spiro atoms. The highest BCUT2D eigenvalue weighted by Gasteiger charge is 2.05. The molecule has 0 unspecified atom stereocenters. The summed E-state index contributed by atoms with van der Waals surface area (Å²) in [6.45, 7) is 0. The molecule has 1 heterocycles. The monoisotopic (exact) mass is 260 g/mol. The molecule has 0 radical (unpaired) electrons. The van der Waals surface area contributed by atoms with Crippen LogP contribution in [0.4, 0.5) is 5.95 Å². The molecular weight excluding hydrogens is 248 g/mol. The SMILES string of the molecule is NC(=S)c1ccc(CC(=O)Nc2ncc[nH]2)cc1. The predicted octanol–water partition coefficient (Wildman–Crippen LogP) is 1.23. The fraction of sp³-hybridized carbons (Fsp3) is 0.0833. The lowest BCUT2D eigenvalue weighted by atomic mass is 10.1. The number of amides is 1. The second-order valence-corrected chi connectivity index (χ2v) is 4.16. The van der Waals surface area contributed by atoms with Crippen LogP contribution in [0.15, 0.2) is 36.7 Å². The Labute approximate surface area is 109 Å². The lowest BCUT2D eigenvalue weighted by Gasteiger charge is -2.03. The van der Waals surface area contributed by atoms with E-state index in [4.69, 9.17) is 18.0 Å². The molecular formula is C12H12N4OS. The molecule has 0 bridgehead atoms. The highest BCUT2D eigenvalue weighted by atomic mass is 32.1. The van der Waals surface area contributed by atoms with Crippen molar-refractivity contribution in [2.24, 2.45) is 5.73 Å². The fourth-order valence-corrected chi connectivity index (χ4v) is 1.62. The van der Waals surface area contributed by atoms with Gasteiger partial charge in [0.1, 0.15) is 4.99 Å². The molecule has 2 rings (SSSR count). The Morgan fingerprint density at radius 3 is 2.67 bits per heavy atom. The fourth-order valence-electron chi connectivity index (χ4n) is 1.48. The largest absolute Gasteiger partial charge is 0.389 e. The minimum absolute atomic E-state index is 0.131. The molecule has 0 saturated heterocycles. The van der Waals surface area contributed by atoms with Crippen LogP contribution in [0.3, 0.4) is 0 Å². The molecule has 0 fully saturated rings. The zero-order chi connectivity index (χ0) is 13.0. The van der Waals surface area contributed by atoms with Gasteiger partial charge in [0, 0.05) is 18.0 Å². The van der Waals surface area contributed by atoms with E-state index in [9.17, 15) is 4.79 Å². The molecule has 5 nitrogen and oxygen atoms in total. The molecule has 1 amide bonds. The zero-order valence-corrected chi connectivity index (χ0v) is 10.3. The second-order valence-electron chi connectivity index (χ2n) is 3.72. The molecule has 1 aromatic heterocycles. The van der Waals surface area contributed by atoms with Gasteiger partial charge in [-0.2, -0.15) is 0 Å². The van der Waals surface area contributed by atoms with Crippen molar-refractivity contribution in [3.63, 3.8) is 0 Å². The number of imidazole rings is 1. The van der Waals surface area contributed by atoms with Crippen molar-refractivity contribution in [1.82, 2.24) is 9.97 Å². The molecule has 4 N–H and O–H groups in total. The number of anilines is 1. The van der Waals surface area contributed by atoms with Crippen molar-refractivity contribution in [1.29, 1.82) is 0 Å². The van der Waals surface area contributed by atoms with E-state index in [-0.39, 0.29) is 12.3 Å². The van der Waals surface area contributed by atoms with Gasteiger partial charge in [-0.1, -0.05) is 36.5 Å². The first-order valence-corrected chi connectivity index (χ1v) is 5.74. The van der Waals surface area contributed by atoms with Crippen LogP contribution in [-0.2, 0) is 11.2 Å². The molecule has 0 atom stereocenters. The highest BCUT2D eigenvalue weighted by molar-refractivity contribution is 7.80. The molecule has 92 valence electrons. The van der Waals surface area contributed by atoms with Gasteiger partial charge >= 0.3 is 0 Å². The average Bonchev–Trinajstić information content (AvgIpc) is 2.82. The van der Waals surface area contributed by atoms with E-state index in [1.165, 1.54) is 0 Å². The summed E-state index contributed by atoms with van der Waals surface area (Å²) in [7, 11) is 0. The highest BCUT2D eigenvalue weighted by Crippen LogP contribution is 2.06. The topological polar surface area (TPSA) is 83.8 Å². The first kappa shape index (κ1) is 12.3. The van der Waals surface area contributed by atoms with E-state index in [0.717, 1.165) is 11.1 Å². The summed E-state index contributed by atoms with van der Waals surface area (Å²) in [5.41, 5.74) is 7.18. The molecule has 1 aromatic carbocycles. The maximum absolute atomic E-state index is 11.7. The number of H-pyrrole nitrogens is 1. The minimum Gasteiger partial charge on any atom is -0.389 e. The van der Waals surface area contributed by atoms with Crippen LogP contribution in [0.25, 0.3) is 0 Å². The number of nitrogens with one attached hydrogen (secondary N) is 2. The van der Waals surface area contributed by atoms with Crippen molar-refractivity contribution in [3.05, 3.63) is 47.8 Å². The van der Waals surface area contributed by atoms with Gasteiger partial charge in [-0.05, 0) is 5.56 Å². The third-order valence-electron chi connectivity index (χ3n) is 2.36. The van der Waals surface area contributed by atoms with Gasteiger partial charge < -0.3 is 10.7 Å². The second kappa shape index (κ2) is 5.42. The van der Waals surface area contributed by atoms with E-state index in [0.29, 0.717) is 10.9 Å². The van der Waals surface area contributed by atoms with Crippen molar-refractivity contribution in [2.45, 2.75) is 6.42 Å². The summed E-state index contributed by atoms with van der Waals surface area (Å²) in [5, 5.41) is 2.65. The number of aromatic amines is 1. The first-order chi connectivity index (χ1) is 8.65. The quantitative estimate of drug-likeness (QED) is 0.722. The lowest BCUT2D eigenvalue weighted by molar-refractivity contribution is -0.115. The number of aromatic nitrogens is 2. The van der Waals surface area contributed by atoms with E-state index in [1.807, 2.05) is 12.1 Å². The smallest absolute Gasteiger partial charge is 0.231 e. The number of thiocarbonyl (C=S) groups is 1. The number of rotatable bonds is 4. The Hall–Kier alpha value is -2.21. The zero-order valence-electron chi connectivity index (χ0n) is 9.51. The summed E-state index contributed by atoms with van der Waals surface area (Å²) in [4.78, 5) is 18.7. The van der Waals surface area contributed by atoms with Gasteiger partial charge in [-0.3, -0.25) is 10.1 Å². The van der Waals surface area contributed by atoms with Crippen LogP contribution >= 0.6 is 12.2 Å². The molecule has 0 saturated carbocycles. The van der Waals surface area contributed by atoms with E-state index < -0.39 is 0 Å². The van der Waals surface area contributed by atoms with E-state index in [1.54, 1.807) is 24.5 Å². The third-order valence-corrected chi connectivity index (χ3v) is 2.59. The van der Waals surface area contributed by atoms with Crippen molar-refractivity contribution in [2.75, 3.05) is 5.32 Å². The summed E-state index contributed by atoms with van der Waals surface area (Å²) < 4.78 is 0. The number of nitrogens with zero attached hydrogens (tertiary/aromatic N) is 1. The van der Waals surface area contributed by atoms with Crippen LogP contribution in [-0.4, -0.2) is 20.9 Å². The molecule has 0 aliphatic carbocycles. The van der Waals surface area contributed by atoms with Crippen molar-refractivity contribution >= 4 is 29.1 Å². The Bertz CT molecular complexity index is 548. The maximum Gasteiger partial charge on any atom is 0.231 e. The third kappa shape index (κ3) is 3.14. The molecule has 0 aliphatic heterocycles. The average molecular weight is 260 g/mol. The van der Waals surface area contributed by atoms with Crippen LogP contribution in [0.5, 0.6) is 0 Å². The van der Waals surface area contributed by atoms with Gasteiger partial charge in [0.25, 0.3) is 0 Å². The number of nitrogens with two attached hydrogens (primary N) is 1. The van der Waals surface area contributed by atoms with E-state index >= 15 is 0 Å². The summed E-state index contributed by atoms with van der Waals surface area (Å²) >= 11 is 4.86. The Balaban J connectivity index is 1.97. The van der Waals surface area contributed by atoms with Crippen LogP contribution in [0.2, 0.25) is 0 Å². The lowest BCUT2D eigenvalue weighted by Crippen LogP contribution is -2.15. The number of hydrogen-bond acceptors (Lipinski definition) is 3. The standard InChI is InChI=1S/C12H12N4OS/c13-11(18)9-3-1-8(2-4-9)7-10(17)16-12-14-5-6-15-12/h1-6H,7H2,(H2,13,18)(H2,14,15,16,17). The first-order valence-electron chi connectivity index (χ1n) is 5.33. The van der Waals surface area contributed by atoms with Gasteiger partial charge in [0.15, 0.2) is 0 Å². The normalized spacial score (nSPS) is 10.0. The van der Waals surface area contributed by atoms with Gasteiger partial charge in [0.2, 0.25) is 11.9 Å². The van der Waals surface area contributed by atoms with Gasteiger partial charge in [-0.15, -0.1) is 0 Å². The van der Waals surface area contributed by atoms with Crippen LogP contribution < -0.4 is 11.1 Å². The van der Waals surface area contributed by atoms with E-state index in [2.05, 4.69) is 15.3 Å². The minimum atomic E-state index is -0.131. The number of carbonyl (C=O) groups is 1. The Kier molecular flexibility index (Phi) is 3.69. The molecule has 6 heteroatoms. The van der Waals surface area contributed by atoms with Crippen molar-refractivity contribution < 1.29 is 4.79 Å². The molecule has 0 aliphatic rings. The maximum atomic E-state index is 11.7. The number of hydrogen-bond donors (Lipinski definition) is 3. The van der Waals surface area contributed by atoms with Crippen LogP contribution in [0, 0.1) is 0 Å². The molecule has 2 aromatic rings. The summed E-state index contributed by atoms with van der Waals surface area (Å²) in [6.07, 6.45) is 3.50. The number of benzene rings is 1. The Morgan fingerprint density at radius 1 is 1.39 bits per heavy atom. The molecule has 18 heavy (non-hydrogen) atoms. The number of carbonyl (C=O) groups excluding carboxylic acids is 1.